The molecule has 3 heterocycles. The highest BCUT2D eigenvalue weighted by Gasteiger charge is 2.32. The molecular weight excluding hydrogens is 278 g/mol. The van der Waals surface area contributed by atoms with Crippen molar-refractivity contribution in [2.45, 2.75) is 44.6 Å². The number of hydrogen-bond acceptors (Lipinski definition) is 4. The standard InChI is InChI=1S/C16H23N5O/c22-16-17-7-9-21(16)12-4-3-8-20(10-12)15-13-5-1-2-6-14(13)18-11-19-15/h11-12H,1-10H2,(H,17,22). The molecule has 3 aliphatic rings. The lowest BCUT2D eigenvalue weighted by molar-refractivity contribution is 0.189. The Balaban J connectivity index is 1.56. The Morgan fingerprint density at radius 3 is 2.91 bits per heavy atom. The molecular formula is C16H23N5O. The minimum Gasteiger partial charge on any atom is -0.354 e. The molecule has 6 nitrogen and oxygen atoms in total. The first-order valence-electron chi connectivity index (χ1n) is 8.45. The van der Waals surface area contributed by atoms with E-state index in [1.54, 1.807) is 6.33 Å². The predicted molar refractivity (Wildman–Crippen MR) is 84.0 cm³/mol. The van der Waals surface area contributed by atoms with Gasteiger partial charge in [0.2, 0.25) is 0 Å². The van der Waals surface area contributed by atoms with Crippen LogP contribution in [-0.4, -0.2) is 53.1 Å². The monoisotopic (exact) mass is 301 g/mol. The molecule has 118 valence electrons. The third-order valence-corrected chi connectivity index (χ3v) is 5.13. The first-order chi connectivity index (χ1) is 10.8. The second kappa shape index (κ2) is 5.74. The molecule has 0 saturated carbocycles. The molecule has 4 rings (SSSR count). The normalized spacial score (nSPS) is 25.1. The lowest BCUT2D eigenvalue weighted by atomic mass is 9.95. The predicted octanol–water partition coefficient (Wildman–Crippen LogP) is 1.35. The van der Waals surface area contributed by atoms with E-state index in [4.69, 9.17) is 0 Å². The number of fused-ring (bicyclic) bond motifs is 1. The first kappa shape index (κ1) is 13.8. The number of urea groups is 1. The fraction of sp³-hybridized carbons (Fsp3) is 0.688. The van der Waals surface area contributed by atoms with Crippen LogP contribution in [0.5, 0.6) is 0 Å². The maximum atomic E-state index is 11.9. The summed E-state index contributed by atoms with van der Waals surface area (Å²) < 4.78 is 0. The van der Waals surface area contributed by atoms with Crippen LogP contribution in [0.4, 0.5) is 10.6 Å². The van der Waals surface area contributed by atoms with Crippen molar-refractivity contribution in [2.75, 3.05) is 31.1 Å². The van der Waals surface area contributed by atoms with Crippen LogP contribution in [-0.2, 0) is 12.8 Å². The highest BCUT2D eigenvalue weighted by Crippen LogP contribution is 2.29. The molecule has 1 N–H and O–H groups in total. The molecule has 2 fully saturated rings. The Hall–Kier alpha value is -1.85. The molecule has 0 bridgehead atoms. The van der Waals surface area contributed by atoms with E-state index in [1.807, 2.05) is 4.90 Å². The summed E-state index contributed by atoms with van der Waals surface area (Å²) in [4.78, 5) is 25.4. The third-order valence-electron chi connectivity index (χ3n) is 5.13. The average molecular weight is 301 g/mol. The molecule has 6 heteroatoms. The SMILES string of the molecule is O=C1NCCN1C1CCCN(c2ncnc3c2CCCC3)C1. The number of anilines is 1. The summed E-state index contributed by atoms with van der Waals surface area (Å²) >= 11 is 0. The van der Waals surface area contributed by atoms with Gasteiger partial charge >= 0.3 is 6.03 Å². The van der Waals surface area contributed by atoms with Gasteiger partial charge in [-0.25, -0.2) is 14.8 Å². The van der Waals surface area contributed by atoms with Crippen LogP contribution in [0.1, 0.15) is 36.9 Å². The zero-order valence-corrected chi connectivity index (χ0v) is 12.9. The van der Waals surface area contributed by atoms with Crippen molar-refractivity contribution < 1.29 is 4.79 Å². The molecule has 2 saturated heterocycles. The molecule has 2 aliphatic heterocycles. The zero-order valence-electron chi connectivity index (χ0n) is 12.9. The fourth-order valence-corrected chi connectivity index (χ4v) is 4.01. The van der Waals surface area contributed by atoms with Crippen molar-refractivity contribution in [3.05, 3.63) is 17.6 Å². The van der Waals surface area contributed by atoms with Crippen molar-refractivity contribution in [3.8, 4) is 0 Å². The number of aromatic nitrogens is 2. The number of nitrogens with zero attached hydrogens (tertiary/aromatic N) is 4. The van der Waals surface area contributed by atoms with E-state index in [0.29, 0.717) is 6.04 Å². The van der Waals surface area contributed by atoms with E-state index < -0.39 is 0 Å². The van der Waals surface area contributed by atoms with Gasteiger partial charge in [0.25, 0.3) is 0 Å². The van der Waals surface area contributed by atoms with E-state index in [-0.39, 0.29) is 6.03 Å². The Kier molecular flexibility index (Phi) is 3.60. The summed E-state index contributed by atoms with van der Waals surface area (Å²) in [5, 5.41) is 2.91. The van der Waals surface area contributed by atoms with Gasteiger partial charge < -0.3 is 15.1 Å². The number of rotatable bonds is 2. The highest BCUT2D eigenvalue weighted by atomic mass is 16.2. The second-order valence-corrected chi connectivity index (χ2v) is 6.50. The van der Waals surface area contributed by atoms with E-state index in [1.165, 1.54) is 24.1 Å². The van der Waals surface area contributed by atoms with Gasteiger partial charge in [0, 0.05) is 37.4 Å². The molecule has 1 aromatic heterocycles. The van der Waals surface area contributed by atoms with Crippen LogP contribution in [0, 0.1) is 0 Å². The summed E-state index contributed by atoms with van der Waals surface area (Å²) in [6.07, 6.45) is 8.57. The van der Waals surface area contributed by atoms with Crippen LogP contribution >= 0.6 is 0 Å². The number of aryl methyl sites for hydroxylation is 1. The summed E-state index contributed by atoms with van der Waals surface area (Å²) in [5.41, 5.74) is 2.58. The van der Waals surface area contributed by atoms with Gasteiger partial charge in [-0.15, -0.1) is 0 Å². The van der Waals surface area contributed by atoms with Crippen LogP contribution < -0.4 is 10.2 Å². The van der Waals surface area contributed by atoms with Crippen LogP contribution in [0.2, 0.25) is 0 Å². The molecule has 1 atom stereocenters. The van der Waals surface area contributed by atoms with Gasteiger partial charge in [0.05, 0.1) is 6.04 Å². The molecule has 1 unspecified atom stereocenters. The third kappa shape index (κ3) is 2.40. The Morgan fingerprint density at radius 2 is 2.05 bits per heavy atom. The topological polar surface area (TPSA) is 61.4 Å². The summed E-state index contributed by atoms with van der Waals surface area (Å²) in [6, 6.07) is 0.405. The van der Waals surface area contributed by atoms with Crippen molar-refractivity contribution >= 4 is 11.8 Å². The van der Waals surface area contributed by atoms with Gasteiger partial charge in [-0.05, 0) is 38.5 Å². The summed E-state index contributed by atoms with van der Waals surface area (Å²) in [6.45, 7) is 3.55. The molecule has 2 amide bonds. The van der Waals surface area contributed by atoms with E-state index in [0.717, 1.165) is 57.7 Å². The Bertz CT molecular complexity index is 576. The molecule has 0 aromatic carbocycles. The number of carbonyl (C=O) groups excluding carboxylic acids is 1. The minimum atomic E-state index is 0.0940. The smallest absolute Gasteiger partial charge is 0.317 e. The molecule has 1 aliphatic carbocycles. The Labute approximate surface area is 130 Å². The average Bonchev–Trinajstić information content (AvgIpc) is 3.00. The quantitative estimate of drug-likeness (QED) is 0.896. The first-order valence-corrected chi connectivity index (χ1v) is 8.45. The number of piperidine rings is 1. The van der Waals surface area contributed by atoms with Crippen molar-refractivity contribution in [1.29, 1.82) is 0 Å². The Morgan fingerprint density at radius 1 is 1.14 bits per heavy atom. The zero-order chi connectivity index (χ0) is 14.9. The van der Waals surface area contributed by atoms with Crippen LogP contribution in [0.3, 0.4) is 0 Å². The van der Waals surface area contributed by atoms with E-state index in [2.05, 4.69) is 20.2 Å². The van der Waals surface area contributed by atoms with Gasteiger partial charge in [0.1, 0.15) is 12.1 Å². The fourth-order valence-electron chi connectivity index (χ4n) is 4.01. The lowest BCUT2D eigenvalue weighted by Crippen LogP contribution is -2.49. The molecule has 0 radical (unpaired) electrons. The number of nitrogens with one attached hydrogen (secondary N) is 1. The van der Waals surface area contributed by atoms with Crippen molar-refractivity contribution in [3.63, 3.8) is 0 Å². The molecule has 0 spiro atoms. The van der Waals surface area contributed by atoms with E-state index >= 15 is 0 Å². The van der Waals surface area contributed by atoms with Gasteiger partial charge in [-0.3, -0.25) is 0 Å². The lowest BCUT2D eigenvalue weighted by Gasteiger charge is -2.38. The number of hydrogen-bond donors (Lipinski definition) is 1. The molecule has 1 aromatic rings. The van der Waals surface area contributed by atoms with Gasteiger partial charge in [-0.1, -0.05) is 0 Å². The molecule has 22 heavy (non-hydrogen) atoms. The maximum absolute atomic E-state index is 11.9. The van der Waals surface area contributed by atoms with E-state index in [9.17, 15) is 4.79 Å². The number of carbonyl (C=O) groups is 1. The van der Waals surface area contributed by atoms with Gasteiger partial charge in [-0.2, -0.15) is 0 Å². The van der Waals surface area contributed by atoms with Crippen LogP contribution in [0.25, 0.3) is 0 Å². The van der Waals surface area contributed by atoms with Gasteiger partial charge in [0.15, 0.2) is 0 Å². The van der Waals surface area contributed by atoms with Crippen molar-refractivity contribution in [2.24, 2.45) is 0 Å². The minimum absolute atomic E-state index is 0.0940. The second-order valence-electron chi connectivity index (χ2n) is 6.50. The summed E-state index contributed by atoms with van der Waals surface area (Å²) in [7, 11) is 0. The maximum Gasteiger partial charge on any atom is 0.317 e. The highest BCUT2D eigenvalue weighted by molar-refractivity contribution is 5.76. The summed E-state index contributed by atoms with van der Waals surface area (Å²) in [5.74, 6) is 1.12. The largest absolute Gasteiger partial charge is 0.354 e. The van der Waals surface area contributed by atoms with Crippen LogP contribution in [0.15, 0.2) is 6.33 Å². The van der Waals surface area contributed by atoms with Crippen molar-refractivity contribution in [1.82, 2.24) is 20.2 Å². The number of amides is 2.